The average molecular weight is 372 g/mol. The number of halogens is 3. The number of aryl methyl sites for hydroxylation is 2. The van der Waals surface area contributed by atoms with Gasteiger partial charge in [0.1, 0.15) is 5.69 Å². The Kier molecular flexibility index (Phi) is 3.17. The van der Waals surface area contributed by atoms with Gasteiger partial charge in [0.15, 0.2) is 11.3 Å². The molecule has 1 aliphatic rings. The second-order valence-corrected chi connectivity index (χ2v) is 6.93. The Bertz CT molecular complexity index is 1200. The molecule has 138 valence electrons. The van der Waals surface area contributed by atoms with Crippen molar-refractivity contribution in [1.29, 1.82) is 0 Å². The van der Waals surface area contributed by atoms with Crippen molar-refractivity contribution < 1.29 is 13.2 Å². The van der Waals surface area contributed by atoms with Gasteiger partial charge in [0.05, 0.1) is 16.8 Å². The van der Waals surface area contributed by atoms with Crippen LogP contribution in [0.4, 0.5) is 13.2 Å². The van der Waals surface area contributed by atoms with Crippen LogP contribution < -0.4 is 0 Å². The van der Waals surface area contributed by atoms with Gasteiger partial charge in [-0.05, 0) is 43.4 Å². The second kappa shape index (κ2) is 5.28. The fourth-order valence-electron chi connectivity index (χ4n) is 3.55. The van der Waals surface area contributed by atoms with Crippen LogP contribution in [0.25, 0.3) is 27.9 Å². The van der Waals surface area contributed by atoms with Gasteiger partial charge in [-0.3, -0.25) is 4.68 Å². The highest BCUT2D eigenvalue weighted by Gasteiger charge is 2.37. The van der Waals surface area contributed by atoms with Crippen LogP contribution in [0, 0.1) is 6.92 Å². The van der Waals surface area contributed by atoms with Gasteiger partial charge in [-0.1, -0.05) is 0 Å². The summed E-state index contributed by atoms with van der Waals surface area (Å²) in [4.78, 5) is 8.21. The predicted molar refractivity (Wildman–Crippen MR) is 92.2 cm³/mol. The van der Waals surface area contributed by atoms with Crippen molar-refractivity contribution in [2.75, 3.05) is 0 Å². The van der Waals surface area contributed by atoms with Gasteiger partial charge in [-0.2, -0.15) is 18.3 Å². The minimum atomic E-state index is -4.51. The van der Waals surface area contributed by atoms with E-state index in [1.807, 2.05) is 20.2 Å². The number of rotatable bonds is 2. The van der Waals surface area contributed by atoms with Gasteiger partial charge in [-0.15, -0.1) is 5.10 Å². The first-order valence-electron chi connectivity index (χ1n) is 8.59. The summed E-state index contributed by atoms with van der Waals surface area (Å²) in [7, 11) is 1.82. The van der Waals surface area contributed by atoms with E-state index >= 15 is 0 Å². The molecule has 0 unspecified atom stereocenters. The fraction of sp³-hybridized carbons (Fsp3) is 0.333. The highest BCUT2D eigenvalue weighted by atomic mass is 19.4. The molecule has 1 aliphatic carbocycles. The lowest BCUT2D eigenvalue weighted by atomic mass is 10.1. The molecule has 0 N–H and O–H groups in total. The third-order valence-corrected chi connectivity index (χ3v) is 4.90. The quantitative estimate of drug-likeness (QED) is 0.536. The first-order valence-corrected chi connectivity index (χ1v) is 8.59. The van der Waals surface area contributed by atoms with E-state index in [2.05, 4.69) is 20.2 Å². The molecule has 1 saturated carbocycles. The van der Waals surface area contributed by atoms with Crippen LogP contribution in [-0.2, 0) is 13.2 Å². The van der Waals surface area contributed by atoms with Crippen molar-refractivity contribution in [2.45, 2.75) is 31.9 Å². The molecule has 0 atom stereocenters. The van der Waals surface area contributed by atoms with Gasteiger partial charge in [0.25, 0.3) is 0 Å². The largest absolute Gasteiger partial charge is 0.433 e. The Morgan fingerprint density at radius 2 is 1.96 bits per heavy atom. The van der Waals surface area contributed by atoms with E-state index < -0.39 is 11.9 Å². The summed E-state index contributed by atoms with van der Waals surface area (Å²) in [5.41, 5.74) is 2.70. The SMILES string of the molecule is Cc1nn(C)cc1-c1ccnc2c3c(C4CC4)cc(C(F)(F)F)nc3nn12. The number of nitrogens with zero attached hydrogens (tertiary/aromatic N) is 6. The number of hydrogen-bond donors (Lipinski definition) is 0. The predicted octanol–water partition coefficient (Wildman–Crippen LogP) is 3.88. The van der Waals surface area contributed by atoms with Gasteiger partial charge in [-0.25, -0.2) is 14.5 Å². The average Bonchev–Trinajstić information content (AvgIpc) is 3.29. The van der Waals surface area contributed by atoms with E-state index in [-0.39, 0.29) is 11.6 Å². The summed E-state index contributed by atoms with van der Waals surface area (Å²) < 4.78 is 43.2. The number of hydrogen-bond acceptors (Lipinski definition) is 4. The highest BCUT2D eigenvalue weighted by Crippen LogP contribution is 2.45. The second-order valence-electron chi connectivity index (χ2n) is 6.93. The lowest BCUT2D eigenvalue weighted by molar-refractivity contribution is -0.141. The third-order valence-electron chi connectivity index (χ3n) is 4.90. The summed E-state index contributed by atoms with van der Waals surface area (Å²) in [5, 5.41) is 9.34. The number of alkyl halides is 3. The van der Waals surface area contributed by atoms with E-state index in [0.29, 0.717) is 16.6 Å². The molecular formula is C18H15F3N6. The summed E-state index contributed by atoms with van der Waals surface area (Å²) in [6.07, 6.45) is 0.730. The van der Waals surface area contributed by atoms with E-state index in [4.69, 9.17) is 0 Å². The van der Waals surface area contributed by atoms with Crippen molar-refractivity contribution in [3.8, 4) is 11.3 Å². The zero-order chi connectivity index (χ0) is 18.9. The van der Waals surface area contributed by atoms with E-state index in [9.17, 15) is 13.2 Å². The molecule has 4 heterocycles. The molecule has 0 bridgehead atoms. The Balaban J connectivity index is 1.86. The van der Waals surface area contributed by atoms with Crippen LogP contribution in [-0.4, -0.2) is 29.4 Å². The summed E-state index contributed by atoms with van der Waals surface area (Å²) >= 11 is 0. The minimum absolute atomic E-state index is 0.0771. The first-order chi connectivity index (χ1) is 12.8. The maximum Gasteiger partial charge on any atom is 0.433 e. The Morgan fingerprint density at radius 1 is 1.19 bits per heavy atom. The first kappa shape index (κ1) is 16.2. The van der Waals surface area contributed by atoms with Crippen molar-refractivity contribution >= 4 is 16.7 Å². The maximum absolute atomic E-state index is 13.3. The van der Waals surface area contributed by atoms with Crippen LogP contribution in [0.5, 0.6) is 0 Å². The maximum atomic E-state index is 13.3. The van der Waals surface area contributed by atoms with Crippen molar-refractivity contribution in [3.05, 3.63) is 41.5 Å². The topological polar surface area (TPSA) is 60.9 Å². The van der Waals surface area contributed by atoms with Crippen LogP contribution in [0.15, 0.2) is 24.5 Å². The van der Waals surface area contributed by atoms with Crippen molar-refractivity contribution in [1.82, 2.24) is 29.4 Å². The summed E-state index contributed by atoms with van der Waals surface area (Å²) in [5.74, 6) is 0.107. The zero-order valence-corrected chi connectivity index (χ0v) is 14.6. The molecule has 6 nitrogen and oxygen atoms in total. The van der Waals surface area contributed by atoms with Crippen LogP contribution in [0.1, 0.15) is 35.7 Å². The molecular weight excluding hydrogens is 357 g/mol. The molecule has 9 heteroatoms. The standard InChI is InChI=1S/C18H15F3N6/c1-9-12(8-26(2)24-9)13-5-6-22-17-15-11(10-3-4-10)7-14(18(19,20)21)23-16(15)25-27(13)17/h5-8,10H,3-4H2,1-2H3. The third kappa shape index (κ3) is 2.48. The Morgan fingerprint density at radius 3 is 2.59 bits per heavy atom. The van der Waals surface area contributed by atoms with Gasteiger partial charge in [0, 0.05) is 25.0 Å². The summed E-state index contributed by atoms with van der Waals surface area (Å²) in [6.45, 7) is 1.88. The molecule has 0 aromatic carbocycles. The molecule has 4 aromatic rings. The molecule has 4 aromatic heterocycles. The van der Waals surface area contributed by atoms with Crippen LogP contribution in [0.2, 0.25) is 0 Å². The van der Waals surface area contributed by atoms with Crippen LogP contribution in [0.3, 0.4) is 0 Å². The number of aromatic nitrogens is 6. The monoisotopic (exact) mass is 372 g/mol. The van der Waals surface area contributed by atoms with Gasteiger partial charge < -0.3 is 0 Å². The van der Waals surface area contributed by atoms with Gasteiger partial charge >= 0.3 is 6.18 Å². The normalized spacial score (nSPS) is 15.1. The van der Waals surface area contributed by atoms with E-state index in [1.165, 1.54) is 0 Å². The number of pyridine rings is 1. The Labute approximate surface area is 151 Å². The molecule has 0 aliphatic heterocycles. The molecule has 5 rings (SSSR count). The molecule has 0 radical (unpaired) electrons. The molecule has 0 saturated heterocycles. The smallest absolute Gasteiger partial charge is 0.275 e. The Hall–Kier alpha value is -2.97. The molecule has 0 amide bonds. The zero-order valence-electron chi connectivity index (χ0n) is 14.6. The number of fused-ring (bicyclic) bond motifs is 3. The lowest BCUT2D eigenvalue weighted by Crippen LogP contribution is -2.09. The van der Waals surface area contributed by atoms with E-state index in [1.54, 1.807) is 21.5 Å². The molecule has 0 spiro atoms. The lowest BCUT2D eigenvalue weighted by Gasteiger charge is -2.08. The molecule has 1 fully saturated rings. The van der Waals surface area contributed by atoms with E-state index in [0.717, 1.165) is 35.9 Å². The highest BCUT2D eigenvalue weighted by molar-refractivity contribution is 5.94. The minimum Gasteiger partial charge on any atom is -0.275 e. The van der Waals surface area contributed by atoms with Gasteiger partial charge in [0.2, 0.25) is 0 Å². The summed E-state index contributed by atoms with van der Waals surface area (Å²) in [6, 6.07) is 2.94. The molecule has 27 heavy (non-hydrogen) atoms. The van der Waals surface area contributed by atoms with Crippen LogP contribution >= 0.6 is 0 Å². The van der Waals surface area contributed by atoms with Crippen molar-refractivity contribution in [2.24, 2.45) is 7.05 Å². The fourth-order valence-corrected chi connectivity index (χ4v) is 3.55. The van der Waals surface area contributed by atoms with Crippen molar-refractivity contribution in [3.63, 3.8) is 0 Å².